The molecule has 1 aliphatic rings. The molecule has 1 fully saturated rings. The number of hydrogen-bond donors (Lipinski definition) is 1. The first-order valence-electron chi connectivity index (χ1n) is 8.81. The Balaban J connectivity index is 1.44. The zero-order chi connectivity index (χ0) is 19.1. The fourth-order valence-electron chi connectivity index (χ4n) is 2.73. The van der Waals surface area contributed by atoms with Crippen molar-refractivity contribution in [3.63, 3.8) is 0 Å². The Labute approximate surface area is 161 Å². The van der Waals surface area contributed by atoms with Gasteiger partial charge in [-0.05, 0) is 43.5 Å². The SMILES string of the molecule is COc1ccc(C(=O)NCc2nnc(SCC(=O)N3CCCCC3)o2)cc1. The van der Waals surface area contributed by atoms with Crippen LogP contribution in [0.15, 0.2) is 33.9 Å². The third-order valence-electron chi connectivity index (χ3n) is 4.23. The van der Waals surface area contributed by atoms with Gasteiger partial charge in [0.05, 0.1) is 19.4 Å². The quantitative estimate of drug-likeness (QED) is 0.723. The van der Waals surface area contributed by atoms with Crippen molar-refractivity contribution in [3.8, 4) is 5.75 Å². The van der Waals surface area contributed by atoms with Gasteiger partial charge in [-0.15, -0.1) is 10.2 Å². The minimum absolute atomic E-state index is 0.0901. The second-order valence-corrected chi connectivity index (χ2v) is 7.03. The molecular weight excluding hydrogens is 368 g/mol. The van der Waals surface area contributed by atoms with E-state index in [0.717, 1.165) is 25.9 Å². The average Bonchev–Trinajstić information content (AvgIpc) is 3.19. The molecule has 1 N–H and O–H groups in total. The molecule has 1 saturated heterocycles. The number of hydrogen-bond acceptors (Lipinski definition) is 7. The highest BCUT2D eigenvalue weighted by Gasteiger charge is 2.18. The largest absolute Gasteiger partial charge is 0.497 e. The Bertz CT molecular complexity index is 772. The summed E-state index contributed by atoms with van der Waals surface area (Å²) in [6.07, 6.45) is 3.32. The Kier molecular flexibility index (Phi) is 6.69. The number of methoxy groups -OCH3 is 1. The molecule has 0 atom stereocenters. The molecule has 0 unspecified atom stereocenters. The van der Waals surface area contributed by atoms with Crippen LogP contribution in [0.1, 0.15) is 35.5 Å². The first-order valence-corrected chi connectivity index (χ1v) is 9.79. The highest BCUT2D eigenvalue weighted by molar-refractivity contribution is 7.99. The molecular formula is C18H22N4O4S. The van der Waals surface area contributed by atoms with Gasteiger partial charge in [0.25, 0.3) is 11.1 Å². The Morgan fingerprint density at radius 3 is 2.63 bits per heavy atom. The van der Waals surface area contributed by atoms with Crippen LogP contribution in [-0.2, 0) is 11.3 Å². The number of carbonyl (C=O) groups excluding carboxylic acids is 2. The molecule has 2 aromatic rings. The molecule has 1 aromatic carbocycles. The van der Waals surface area contributed by atoms with Crippen molar-refractivity contribution in [1.29, 1.82) is 0 Å². The van der Waals surface area contributed by atoms with E-state index in [1.165, 1.54) is 18.2 Å². The Hall–Kier alpha value is -2.55. The highest BCUT2D eigenvalue weighted by Crippen LogP contribution is 2.18. The predicted molar refractivity (Wildman–Crippen MR) is 99.6 cm³/mol. The summed E-state index contributed by atoms with van der Waals surface area (Å²) in [6.45, 7) is 1.77. The van der Waals surface area contributed by atoms with Crippen LogP contribution in [-0.4, -0.2) is 52.9 Å². The van der Waals surface area contributed by atoms with Crippen molar-refractivity contribution < 1.29 is 18.7 Å². The topological polar surface area (TPSA) is 97.6 Å². The summed E-state index contributed by atoms with van der Waals surface area (Å²) in [7, 11) is 1.57. The second kappa shape index (κ2) is 9.40. The number of likely N-dealkylation sites (tertiary alicyclic amines) is 1. The number of benzene rings is 1. The first kappa shape index (κ1) is 19.2. The lowest BCUT2D eigenvalue weighted by Crippen LogP contribution is -2.36. The smallest absolute Gasteiger partial charge is 0.277 e. The summed E-state index contributed by atoms with van der Waals surface area (Å²) in [6, 6.07) is 6.79. The number of nitrogens with zero attached hydrogens (tertiary/aromatic N) is 3. The van der Waals surface area contributed by atoms with Gasteiger partial charge in [-0.1, -0.05) is 11.8 Å². The van der Waals surface area contributed by atoms with Gasteiger partial charge >= 0.3 is 0 Å². The second-order valence-electron chi connectivity index (χ2n) is 6.10. The fourth-order valence-corrected chi connectivity index (χ4v) is 3.41. The maximum atomic E-state index is 12.1. The zero-order valence-electron chi connectivity index (χ0n) is 15.1. The van der Waals surface area contributed by atoms with Gasteiger partial charge in [0.1, 0.15) is 5.75 Å². The number of thioether (sulfide) groups is 1. The van der Waals surface area contributed by atoms with Crippen molar-refractivity contribution in [2.45, 2.75) is 31.0 Å². The third-order valence-corrected chi connectivity index (χ3v) is 5.03. The molecule has 0 aliphatic carbocycles. The van der Waals surface area contributed by atoms with Crippen LogP contribution in [0.4, 0.5) is 0 Å². The molecule has 0 saturated carbocycles. The van der Waals surface area contributed by atoms with Crippen LogP contribution in [0.3, 0.4) is 0 Å². The molecule has 1 aliphatic heterocycles. The monoisotopic (exact) mass is 390 g/mol. The van der Waals surface area contributed by atoms with Gasteiger partial charge in [0.15, 0.2) is 0 Å². The van der Waals surface area contributed by atoms with Crippen LogP contribution in [0.2, 0.25) is 0 Å². The third kappa shape index (κ3) is 5.46. The average molecular weight is 390 g/mol. The van der Waals surface area contributed by atoms with Gasteiger partial charge in [0.2, 0.25) is 11.8 Å². The molecule has 144 valence electrons. The maximum absolute atomic E-state index is 12.1. The van der Waals surface area contributed by atoms with Crippen molar-refractivity contribution in [3.05, 3.63) is 35.7 Å². The van der Waals surface area contributed by atoms with E-state index in [1.54, 1.807) is 31.4 Å². The summed E-state index contributed by atoms with van der Waals surface area (Å²) >= 11 is 1.22. The van der Waals surface area contributed by atoms with Crippen LogP contribution in [0, 0.1) is 0 Å². The van der Waals surface area contributed by atoms with E-state index in [0.29, 0.717) is 22.4 Å². The van der Waals surface area contributed by atoms with E-state index >= 15 is 0 Å². The standard InChI is InChI=1S/C18H22N4O4S/c1-25-14-7-5-13(6-8-14)17(24)19-11-15-20-21-18(26-15)27-12-16(23)22-9-3-2-4-10-22/h5-8H,2-4,9-12H2,1H3,(H,19,24). The van der Waals surface area contributed by atoms with E-state index in [1.807, 2.05) is 4.90 Å². The lowest BCUT2D eigenvalue weighted by molar-refractivity contribution is -0.129. The lowest BCUT2D eigenvalue weighted by Gasteiger charge is -2.26. The van der Waals surface area contributed by atoms with Crippen LogP contribution in [0.5, 0.6) is 5.75 Å². The number of ether oxygens (including phenoxy) is 1. The minimum atomic E-state index is -0.245. The fraction of sp³-hybridized carbons (Fsp3) is 0.444. The van der Waals surface area contributed by atoms with Gasteiger partial charge in [-0.25, -0.2) is 0 Å². The van der Waals surface area contributed by atoms with E-state index in [9.17, 15) is 9.59 Å². The van der Waals surface area contributed by atoms with Crippen LogP contribution in [0.25, 0.3) is 0 Å². The predicted octanol–water partition coefficient (Wildman–Crippen LogP) is 2.11. The zero-order valence-corrected chi connectivity index (χ0v) is 16.0. The number of aromatic nitrogens is 2. The highest BCUT2D eigenvalue weighted by atomic mass is 32.2. The molecule has 3 rings (SSSR count). The summed E-state index contributed by atoms with van der Waals surface area (Å²) in [5, 5.41) is 10.9. The lowest BCUT2D eigenvalue weighted by atomic mass is 10.1. The molecule has 1 aromatic heterocycles. The molecule has 2 amide bonds. The molecule has 9 heteroatoms. The molecule has 27 heavy (non-hydrogen) atoms. The summed E-state index contributed by atoms with van der Waals surface area (Å²) in [4.78, 5) is 26.1. The number of carbonyl (C=O) groups is 2. The Morgan fingerprint density at radius 1 is 1.19 bits per heavy atom. The molecule has 0 radical (unpaired) electrons. The minimum Gasteiger partial charge on any atom is -0.497 e. The molecule has 2 heterocycles. The van der Waals surface area contributed by atoms with Gasteiger partial charge < -0.3 is 19.4 Å². The number of nitrogens with one attached hydrogen (secondary N) is 1. The Morgan fingerprint density at radius 2 is 1.93 bits per heavy atom. The van der Waals surface area contributed by atoms with Crippen molar-refractivity contribution in [2.75, 3.05) is 26.0 Å². The maximum Gasteiger partial charge on any atom is 0.277 e. The molecule has 0 bridgehead atoms. The molecule has 0 spiro atoms. The van der Waals surface area contributed by atoms with Crippen molar-refractivity contribution >= 4 is 23.6 Å². The summed E-state index contributed by atoms with van der Waals surface area (Å²) in [5.41, 5.74) is 0.511. The van der Waals surface area contributed by atoms with Gasteiger partial charge in [-0.2, -0.15) is 0 Å². The number of rotatable bonds is 7. The van der Waals surface area contributed by atoms with E-state index in [-0.39, 0.29) is 24.1 Å². The van der Waals surface area contributed by atoms with E-state index < -0.39 is 0 Å². The first-order chi connectivity index (χ1) is 13.2. The van der Waals surface area contributed by atoms with E-state index in [4.69, 9.17) is 9.15 Å². The van der Waals surface area contributed by atoms with E-state index in [2.05, 4.69) is 15.5 Å². The van der Waals surface area contributed by atoms with Gasteiger partial charge in [-0.3, -0.25) is 9.59 Å². The van der Waals surface area contributed by atoms with Crippen LogP contribution < -0.4 is 10.1 Å². The number of piperidine rings is 1. The normalized spacial score (nSPS) is 14.0. The van der Waals surface area contributed by atoms with Crippen molar-refractivity contribution in [1.82, 2.24) is 20.4 Å². The van der Waals surface area contributed by atoms with Crippen LogP contribution >= 0.6 is 11.8 Å². The van der Waals surface area contributed by atoms with Crippen molar-refractivity contribution in [2.24, 2.45) is 0 Å². The summed E-state index contributed by atoms with van der Waals surface area (Å²) < 4.78 is 10.5. The summed E-state index contributed by atoms with van der Waals surface area (Å²) in [5.74, 6) is 1.10. The molecule has 8 nitrogen and oxygen atoms in total. The number of amides is 2. The van der Waals surface area contributed by atoms with Gasteiger partial charge in [0, 0.05) is 18.7 Å².